The maximum atomic E-state index is 10.3. The number of carbonyl (C=O) groups is 1. The number of nitrogens with two attached hydrogens (primary N) is 1. The van der Waals surface area contributed by atoms with E-state index in [0.29, 0.717) is 0 Å². The third-order valence-electron chi connectivity index (χ3n) is 1.56. The molecule has 3 N–H and O–H groups in total. The quantitative estimate of drug-likeness (QED) is 0.404. The molecule has 1 aromatic rings. The molecule has 0 heterocycles. The Morgan fingerprint density at radius 3 is 2.54 bits per heavy atom. The van der Waals surface area contributed by atoms with Crippen LogP contribution in [0, 0.1) is 0 Å². The molecule has 0 unspecified atom stereocenters. The van der Waals surface area contributed by atoms with Crippen molar-refractivity contribution in [2.45, 2.75) is 6.42 Å². The summed E-state index contributed by atoms with van der Waals surface area (Å²) >= 11 is 0. The second kappa shape index (κ2) is 4.25. The van der Waals surface area contributed by atoms with Crippen LogP contribution in [0.4, 0.5) is 0 Å². The molecule has 0 radical (unpaired) electrons. The molecule has 4 nitrogen and oxygen atoms in total. The first-order valence-electron chi connectivity index (χ1n) is 3.76. The average molecular weight is 178 g/mol. The van der Waals surface area contributed by atoms with Crippen LogP contribution in [-0.4, -0.2) is 17.3 Å². The van der Waals surface area contributed by atoms with Crippen LogP contribution in [0.5, 0.6) is 0 Å². The van der Waals surface area contributed by atoms with Crippen molar-refractivity contribution in [3.05, 3.63) is 35.4 Å². The Balaban J connectivity index is 2.75. The van der Waals surface area contributed by atoms with Crippen LogP contribution in [0.25, 0.3) is 0 Å². The number of nitrogens with zero attached hydrogens (tertiary/aromatic N) is 1. The number of carboxylic acids is 1. The highest BCUT2D eigenvalue weighted by Gasteiger charge is 1.98. The number of carboxylic acid groups (broad SMARTS) is 1. The Hall–Kier alpha value is -1.84. The van der Waals surface area contributed by atoms with E-state index in [9.17, 15) is 4.79 Å². The smallest absolute Gasteiger partial charge is 0.307 e. The Labute approximate surface area is 75.7 Å². The van der Waals surface area contributed by atoms with E-state index in [1.54, 1.807) is 24.3 Å². The van der Waals surface area contributed by atoms with Crippen molar-refractivity contribution in [2.75, 3.05) is 0 Å². The van der Waals surface area contributed by atoms with Crippen LogP contribution < -0.4 is 5.84 Å². The first-order valence-corrected chi connectivity index (χ1v) is 3.76. The Bertz CT molecular complexity index is 317. The van der Waals surface area contributed by atoms with E-state index >= 15 is 0 Å². The maximum Gasteiger partial charge on any atom is 0.307 e. The van der Waals surface area contributed by atoms with Crippen LogP contribution >= 0.6 is 0 Å². The fourth-order valence-corrected chi connectivity index (χ4v) is 0.982. The number of benzene rings is 1. The predicted molar refractivity (Wildman–Crippen MR) is 49.6 cm³/mol. The van der Waals surface area contributed by atoms with Gasteiger partial charge in [0.15, 0.2) is 0 Å². The zero-order chi connectivity index (χ0) is 9.68. The molecule has 0 bridgehead atoms. The molecule has 68 valence electrons. The van der Waals surface area contributed by atoms with E-state index in [2.05, 4.69) is 5.10 Å². The summed E-state index contributed by atoms with van der Waals surface area (Å²) in [6.45, 7) is 0. The third kappa shape index (κ3) is 2.94. The summed E-state index contributed by atoms with van der Waals surface area (Å²) in [7, 11) is 0. The summed E-state index contributed by atoms with van der Waals surface area (Å²) in [5, 5.41) is 11.8. The first kappa shape index (κ1) is 9.25. The number of hydrazone groups is 1. The van der Waals surface area contributed by atoms with E-state index in [1.807, 2.05) is 0 Å². The molecule has 0 fully saturated rings. The molecule has 0 saturated heterocycles. The van der Waals surface area contributed by atoms with Gasteiger partial charge >= 0.3 is 5.97 Å². The summed E-state index contributed by atoms with van der Waals surface area (Å²) < 4.78 is 0. The van der Waals surface area contributed by atoms with Gasteiger partial charge in [-0.25, -0.2) is 0 Å². The molecule has 0 spiro atoms. The maximum absolute atomic E-state index is 10.3. The van der Waals surface area contributed by atoms with Gasteiger partial charge in [-0.15, -0.1) is 0 Å². The van der Waals surface area contributed by atoms with E-state index in [0.717, 1.165) is 11.1 Å². The van der Waals surface area contributed by atoms with Gasteiger partial charge < -0.3 is 10.9 Å². The lowest BCUT2D eigenvalue weighted by molar-refractivity contribution is -0.136. The van der Waals surface area contributed by atoms with Gasteiger partial charge in [0.1, 0.15) is 0 Å². The molecular formula is C9H10N2O2. The molecule has 0 aliphatic heterocycles. The molecule has 13 heavy (non-hydrogen) atoms. The molecule has 0 aliphatic rings. The zero-order valence-corrected chi connectivity index (χ0v) is 6.97. The second-order valence-electron chi connectivity index (χ2n) is 2.59. The van der Waals surface area contributed by atoms with Gasteiger partial charge in [0, 0.05) is 0 Å². The molecule has 0 saturated carbocycles. The standard InChI is InChI=1S/C9H10N2O2/c10-11-6-8-3-1-7(2-4-8)5-9(12)13/h1-4,6H,5,10H2,(H,12,13)/b11-6+. The fraction of sp³-hybridized carbons (Fsp3) is 0.111. The monoisotopic (exact) mass is 178 g/mol. The van der Waals surface area contributed by atoms with E-state index in [1.165, 1.54) is 6.21 Å². The van der Waals surface area contributed by atoms with Gasteiger partial charge in [-0.2, -0.15) is 5.10 Å². The Kier molecular flexibility index (Phi) is 3.03. The van der Waals surface area contributed by atoms with Crippen LogP contribution in [-0.2, 0) is 11.2 Å². The fourth-order valence-electron chi connectivity index (χ4n) is 0.982. The van der Waals surface area contributed by atoms with Crippen molar-refractivity contribution < 1.29 is 9.90 Å². The van der Waals surface area contributed by atoms with Crippen molar-refractivity contribution >= 4 is 12.2 Å². The molecule has 4 heteroatoms. The number of hydrogen-bond donors (Lipinski definition) is 2. The first-order chi connectivity index (χ1) is 6.22. The summed E-state index contributed by atoms with van der Waals surface area (Å²) in [6, 6.07) is 7.03. The van der Waals surface area contributed by atoms with E-state index < -0.39 is 5.97 Å². The zero-order valence-electron chi connectivity index (χ0n) is 6.97. The third-order valence-corrected chi connectivity index (χ3v) is 1.56. The van der Waals surface area contributed by atoms with Crippen LogP contribution in [0.1, 0.15) is 11.1 Å². The van der Waals surface area contributed by atoms with E-state index in [-0.39, 0.29) is 6.42 Å². The summed E-state index contributed by atoms with van der Waals surface area (Å²) in [6.07, 6.45) is 1.55. The summed E-state index contributed by atoms with van der Waals surface area (Å²) in [5.74, 6) is 4.12. The van der Waals surface area contributed by atoms with E-state index in [4.69, 9.17) is 10.9 Å². The van der Waals surface area contributed by atoms with Gasteiger partial charge in [0.2, 0.25) is 0 Å². The average Bonchev–Trinajstić information content (AvgIpc) is 2.08. The van der Waals surface area contributed by atoms with Crippen LogP contribution in [0.3, 0.4) is 0 Å². The van der Waals surface area contributed by atoms with Gasteiger partial charge in [-0.1, -0.05) is 24.3 Å². The van der Waals surface area contributed by atoms with Crippen LogP contribution in [0.2, 0.25) is 0 Å². The SMILES string of the molecule is N/N=C/c1ccc(CC(=O)O)cc1. The van der Waals surface area contributed by atoms with Crippen molar-refractivity contribution in [1.82, 2.24) is 0 Å². The summed E-state index contributed by atoms with van der Waals surface area (Å²) in [4.78, 5) is 10.3. The molecule has 1 aromatic carbocycles. The largest absolute Gasteiger partial charge is 0.481 e. The molecule has 0 aromatic heterocycles. The van der Waals surface area contributed by atoms with Gasteiger partial charge in [0.05, 0.1) is 12.6 Å². The highest BCUT2D eigenvalue weighted by atomic mass is 16.4. The van der Waals surface area contributed by atoms with Crippen molar-refractivity contribution in [3.8, 4) is 0 Å². The second-order valence-corrected chi connectivity index (χ2v) is 2.59. The Morgan fingerprint density at radius 2 is 2.08 bits per heavy atom. The predicted octanol–water partition coefficient (Wildman–Crippen LogP) is 0.606. The highest BCUT2D eigenvalue weighted by Crippen LogP contribution is 2.03. The number of hydrogen-bond acceptors (Lipinski definition) is 3. The van der Waals surface area contributed by atoms with Crippen LogP contribution in [0.15, 0.2) is 29.4 Å². The minimum absolute atomic E-state index is 0.0417. The lowest BCUT2D eigenvalue weighted by Gasteiger charge is -1.96. The molecule has 0 amide bonds. The Morgan fingerprint density at radius 1 is 1.46 bits per heavy atom. The topological polar surface area (TPSA) is 75.7 Å². The normalized spacial score (nSPS) is 10.5. The number of rotatable bonds is 3. The minimum Gasteiger partial charge on any atom is -0.481 e. The summed E-state index contributed by atoms with van der Waals surface area (Å²) in [5.41, 5.74) is 1.62. The molecule has 1 rings (SSSR count). The lowest BCUT2D eigenvalue weighted by Crippen LogP contribution is -1.99. The van der Waals surface area contributed by atoms with Gasteiger partial charge in [-0.3, -0.25) is 4.79 Å². The van der Waals surface area contributed by atoms with Crippen molar-refractivity contribution in [1.29, 1.82) is 0 Å². The molecule has 0 atom stereocenters. The van der Waals surface area contributed by atoms with Crippen molar-refractivity contribution in [3.63, 3.8) is 0 Å². The van der Waals surface area contributed by atoms with Crippen molar-refractivity contribution in [2.24, 2.45) is 10.9 Å². The highest BCUT2D eigenvalue weighted by molar-refractivity contribution is 5.79. The lowest BCUT2D eigenvalue weighted by atomic mass is 10.1. The molecule has 0 aliphatic carbocycles. The van der Waals surface area contributed by atoms with Gasteiger partial charge in [-0.05, 0) is 11.1 Å². The molecular weight excluding hydrogens is 168 g/mol. The van der Waals surface area contributed by atoms with Gasteiger partial charge in [0.25, 0.3) is 0 Å². The number of aliphatic carboxylic acids is 1. The minimum atomic E-state index is -0.833.